The Bertz CT molecular complexity index is 1070. The second kappa shape index (κ2) is 7.48. The van der Waals surface area contributed by atoms with Crippen LogP contribution in [0.5, 0.6) is 0 Å². The topological polar surface area (TPSA) is 66.5 Å². The van der Waals surface area contributed by atoms with Gasteiger partial charge in [0, 0.05) is 23.8 Å². The molecule has 1 aliphatic carbocycles. The minimum Gasteiger partial charge on any atom is -0.312 e. The molecule has 0 spiro atoms. The molecule has 1 fully saturated rings. The number of anilines is 2. The van der Waals surface area contributed by atoms with E-state index < -0.39 is 10.0 Å². The number of nitrogens with one attached hydrogen (secondary N) is 1. The van der Waals surface area contributed by atoms with Crippen LogP contribution in [0.1, 0.15) is 47.9 Å². The summed E-state index contributed by atoms with van der Waals surface area (Å²) in [5.74, 6) is 0.368. The molecule has 0 saturated heterocycles. The highest BCUT2D eigenvalue weighted by atomic mass is 32.2. The summed E-state index contributed by atoms with van der Waals surface area (Å²) in [6.45, 7) is 6.39. The first-order valence-electron chi connectivity index (χ1n) is 10.3. The summed E-state index contributed by atoms with van der Waals surface area (Å²) >= 11 is 0. The first kappa shape index (κ1) is 20.0. The Morgan fingerprint density at radius 2 is 1.69 bits per heavy atom. The van der Waals surface area contributed by atoms with E-state index in [1.165, 1.54) is 0 Å². The number of fused-ring (bicyclic) bond motifs is 1. The number of carbonyl (C=O) groups excluding carboxylic acids is 1. The van der Waals surface area contributed by atoms with Crippen LogP contribution >= 0.6 is 0 Å². The Hall–Kier alpha value is -2.34. The van der Waals surface area contributed by atoms with Gasteiger partial charge in [-0.05, 0) is 86.6 Å². The highest BCUT2D eigenvalue weighted by Crippen LogP contribution is 2.35. The number of amides is 1. The van der Waals surface area contributed by atoms with E-state index in [-0.39, 0.29) is 11.8 Å². The molecule has 6 heteroatoms. The van der Waals surface area contributed by atoms with Gasteiger partial charge in [-0.25, -0.2) is 8.42 Å². The Morgan fingerprint density at radius 1 is 1.00 bits per heavy atom. The van der Waals surface area contributed by atoms with Crippen molar-refractivity contribution in [3.05, 3.63) is 52.6 Å². The van der Waals surface area contributed by atoms with E-state index in [1.807, 2.05) is 43.9 Å². The van der Waals surface area contributed by atoms with Gasteiger partial charge in [0.25, 0.3) is 10.0 Å². The van der Waals surface area contributed by atoms with Gasteiger partial charge < -0.3 is 4.90 Å². The van der Waals surface area contributed by atoms with E-state index in [2.05, 4.69) is 4.72 Å². The van der Waals surface area contributed by atoms with Gasteiger partial charge in [0.15, 0.2) is 0 Å². The van der Waals surface area contributed by atoms with Gasteiger partial charge in [0.05, 0.1) is 4.90 Å². The van der Waals surface area contributed by atoms with E-state index in [4.69, 9.17) is 0 Å². The summed E-state index contributed by atoms with van der Waals surface area (Å²) in [4.78, 5) is 15.0. The molecule has 0 atom stereocenters. The van der Waals surface area contributed by atoms with Crippen LogP contribution in [0.25, 0.3) is 0 Å². The molecule has 1 heterocycles. The Kier molecular flexibility index (Phi) is 5.15. The molecular weight excluding hydrogens is 384 g/mol. The zero-order valence-corrected chi connectivity index (χ0v) is 18.1. The number of hydrogen-bond acceptors (Lipinski definition) is 3. The van der Waals surface area contributed by atoms with Gasteiger partial charge in [-0.2, -0.15) is 0 Å². The predicted molar refractivity (Wildman–Crippen MR) is 116 cm³/mol. The van der Waals surface area contributed by atoms with Gasteiger partial charge in [0.1, 0.15) is 0 Å². The molecule has 0 radical (unpaired) electrons. The van der Waals surface area contributed by atoms with Gasteiger partial charge >= 0.3 is 0 Å². The summed E-state index contributed by atoms with van der Waals surface area (Å²) in [5.41, 5.74) is 5.24. The molecular formula is C23H28N2O3S. The van der Waals surface area contributed by atoms with Crippen molar-refractivity contribution < 1.29 is 13.2 Å². The Balaban J connectivity index is 1.57. The van der Waals surface area contributed by atoms with Gasteiger partial charge in [-0.1, -0.05) is 18.9 Å². The van der Waals surface area contributed by atoms with Crippen molar-refractivity contribution in [1.29, 1.82) is 0 Å². The lowest BCUT2D eigenvalue weighted by molar-refractivity contribution is -0.122. The van der Waals surface area contributed by atoms with Crippen molar-refractivity contribution in [2.45, 2.75) is 57.8 Å². The number of nitrogens with zero attached hydrogens (tertiary/aromatic N) is 1. The van der Waals surface area contributed by atoms with Crippen molar-refractivity contribution in [3.63, 3.8) is 0 Å². The standard InChI is InChI=1S/C23H28N2O3S/c1-15-12-17(3)22(13-16(15)2)29(27,28)24-20-8-9-21-19(14-20)10-11-25(21)23(26)18-6-4-5-7-18/h8-9,12-14,18,24H,4-7,10-11H2,1-3H3. The average molecular weight is 413 g/mol. The van der Waals surface area contributed by atoms with E-state index in [0.29, 0.717) is 17.1 Å². The molecule has 5 nitrogen and oxygen atoms in total. The van der Waals surface area contributed by atoms with Gasteiger partial charge in [0.2, 0.25) is 5.91 Å². The largest absolute Gasteiger partial charge is 0.312 e. The zero-order valence-electron chi connectivity index (χ0n) is 17.3. The average Bonchev–Trinajstić information content (AvgIpc) is 3.33. The molecule has 29 heavy (non-hydrogen) atoms. The van der Waals surface area contributed by atoms with Crippen LogP contribution in [-0.2, 0) is 21.2 Å². The second-order valence-corrected chi connectivity index (χ2v) is 10.0. The molecule has 154 valence electrons. The highest BCUT2D eigenvalue weighted by molar-refractivity contribution is 7.92. The van der Waals surface area contributed by atoms with Gasteiger partial charge in [-0.15, -0.1) is 0 Å². The van der Waals surface area contributed by atoms with E-state index in [0.717, 1.165) is 60.0 Å². The smallest absolute Gasteiger partial charge is 0.262 e. The molecule has 1 amide bonds. The zero-order chi connectivity index (χ0) is 20.8. The third kappa shape index (κ3) is 3.78. The van der Waals surface area contributed by atoms with Crippen molar-refractivity contribution in [2.75, 3.05) is 16.2 Å². The fourth-order valence-electron chi connectivity index (χ4n) is 4.52. The van der Waals surface area contributed by atoms with Crippen molar-refractivity contribution in [1.82, 2.24) is 0 Å². The predicted octanol–water partition coefficient (Wildman–Crippen LogP) is 4.49. The van der Waals surface area contributed by atoms with Gasteiger partial charge in [-0.3, -0.25) is 9.52 Å². The lowest BCUT2D eigenvalue weighted by Gasteiger charge is -2.21. The van der Waals surface area contributed by atoms with Crippen LogP contribution in [0.2, 0.25) is 0 Å². The molecule has 1 N–H and O–H groups in total. The van der Waals surface area contributed by atoms with E-state index >= 15 is 0 Å². The first-order chi connectivity index (χ1) is 13.8. The quantitative estimate of drug-likeness (QED) is 0.804. The third-order valence-corrected chi connectivity index (χ3v) is 7.80. The molecule has 4 rings (SSSR count). The fourth-order valence-corrected chi connectivity index (χ4v) is 5.88. The SMILES string of the molecule is Cc1cc(C)c(S(=O)(=O)Nc2ccc3c(c2)CCN3C(=O)C2CCCC2)cc1C. The number of rotatable bonds is 4. The molecule has 0 aromatic heterocycles. The molecule has 2 aliphatic rings. The number of sulfonamides is 1. The summed E-state index contributed by atoms with van der Waals surface area (Å²) in [7, 11) is -3.67. The number of benzene rings is 2. The van der Waals surface area contributed by atoms with Crippen LogP contribution in [0.15, 0.2) is 35.2 Å². The number of aryl methyl sites for hydroxylation is 3. The lowest BCUT2D eigenvalue weighted by Crippen LogP contribution is -2.33. The van der Waals surface area contributed by atoms with E-state index in [9.17, 15) is 13.2 Å². The molecule has 2 aromatic rings. The minimum absolute atomic E-state index is 0.145. The number of carbonyl (C=O) groups is 1. The second-order valence-electron chi connectivity index (χ2n) is 8.37. The van der Waals surface area contributed by atoms with Crippen molar-refractivity contribution in [2.24, 2.45) is 5.92 Å². The lowest BCUT2D eigenvalue weighted by atomic mass is 10.1. The molecule has 0 bridgehead atoms. The maximum atomic E-state index is 13.0. The summed E-state index contributed by atoms with van der Waals surface area (Å²) in [6, 6.07) is 9.12. The molecule has 0 unspecified atom stereocenters. The van der Waals surface area contributed by atoms with E-state index in [1.54, 1.807) is 12.1 Å². The van der Waals surface area contributed by atoms with Crippen molar-refractivity contribution >= 4 is 27.3 Å². The Morgan fingerprint density at radius 3 is 2.41 bits per heavy atom. The Labute approximate surface area is 173 Å². The number of hydrogen-bond donors (Lipinski definition) is 1. The maximum Gasteiger partial charge on any atom is 0.262 e. The van der Waals surface area contributed by atoms with Crippen molar-refractivity contribution in [3.8, 4) is 0 Å². The van der Waals surface area contributed by atoms with Crippen LogP contribution in [0.4, 0.5) is 11.4 Å². The molecule has 2 aromatic carbocycles. The van der Waals surface area contributed by atoms with Crippen LogP contribution in [0, 0.1) is 26.7 Å². The third-order valence-electron chi connectivity index (χ3n) is 6.28. The fraction of sp³-hybridized carbons (Fsp3) is 0.435. The molecule has 1 saturated carbocycles. The van der Waals surface area contributed by atoms with Crippen LogP contribution in [0.3, 0.4) is 0 Å². The first-order valence-corrected chi connectivity index (χ1v) is 11.8. The minimum atomic E-state index is -3.67. The summed E-state index contributed by atoms with van der Waals surface area (Å²) in [6.07, 6.45) is 4.99. The highest BCUT2D eigenvalue weighted by Gasteiger charge is 2.32. The monoisotopic (exact) mass is 412 g/mol. The normalized spacial score (nSPS) is 16.9. The molecule has 1 aliphatic heterocycles. The van der Waals surface area contributed by atoms with Crippen LogP contribution in [-0.4, -0.2) is 20.9 Å². The summed E-state index contributed by atoms with van der Waals surface area (Å²) < 4.78 is 28.6. The van der Waals surface area contributed by atoms with Crippen LogP contribution < -0.4 is 9.62 Å². The summed E-state index contributed by atoms with van der Waals surface area (Å²) in [5, 5.41) is 0. The maximum absolute atomic E-state index is 13.0.